The average Bonchev–Trinajstić information content (AvgIpc) is 3.48. The first-order valence-electron chi connectivity index (χ1n) is 13.4. The van der Waals surface area contributed by atoms with Gasteiger partial charge in [-0.05, 0) is 53.2 Å². The number of carbonyl (C=O) groups is 2. The number of aromatic amines is 1. The monoisotopic (exact) mass is 601 g/mol. The van der Waals surface area contributed by atoms with Crippen molar-refractivity contribution in [3.05, 3.63) is 41.5 Å². The van der Waals surface area contributed by atoms with Crippen molar-refractivity contribution in [1.29, 1.82) is 0 Å². The molecule has 15 heteroatoms. The second-order valence-electron chi connectivity index (χ2n) is 11.4. The fourth-order valence-electron chi connectivity index (χ4n) is 5.09. The molecule has 5 rings (SSSR count). The highest BCUT2D eigenvalue weighted by Gasteiger charge is 2.38. The van der Waals surface area contributed by atoms with Crippen molar-refractivity contribution in [2.45, 2.75) is 58.9 Å². The second kappa shape index (κ2) is 10.9. The number of rotatable bonds is 5. The van der Waals surface area contributed by atoms with Crippen LogP contribution in [0.4, 0.5) is 23.9 Å². The fourth-order valence-corrected chi connectivity index (χ4v) is 5.09. The van der Waals surface area contributed by atoms with Crippen LogP contribution in [0.25, 0.3) is 33.5 Å². The fraction of sp³-hybridized carbons (Fsp3) is 0.429. The van der Waals surface area contributed by atoms with Crippen LogP contribution in [0.1, 0.15) is 44.2 Å². The number of piperidine rings is 1. The molecule has 1 aliphatic heterocycles. The normalized spacial score (nSPS) is 17.7. The number of hydrogen-bond acceptors (Lipinski definition) is 9. The van der Waals surface area contributed by atoms with Crippen molar-refractivity contribution in [3.63, 3.8) is 0 Å². The van der Waals surface area contributed by atoms with Gasteiger partial charge in [0, 0.05) is 42.5 Å². The molecule has 43 heavy (non-hydrogen) atoms. The van der Waals surface area contributed by atoms with Gasteiger partial charge in [-0.15, -0.1) is 0 Å². The summed E-state index contributed by atoms with van der Waals surface area (Å²) in [6, 6.07) is 2.63. The van der Waals surface area contributed by atoms with Crippen molar-refractivity contribution in [3.8, 4) is 22.5 Å². The third kappa shape index (κ3) is 6.24. The molecule has 1 aliphatic rings. The predicted molar refractivity (Wildman–Crippen MR) is 148 cm³/mol. The van der Waals surface area contributed by atoms with Gasteiger partial charge in [-0.1, -0.05) is 5.16 Å². The molecule has 2 atom stereocenters. The van der Waals surface area contributed by atoms with Crippen molar-refractivity contribution >= 4 is 29.0 Å². The van der Waals surface area contributed by atoms with Crippen LogP contribution >= 0.6 is 0 Å². The number of fused-ring (bicyclic) bond motifs is 1. The number of pyridine rings is 1. The summed E-state index contributed by atoms with van der Waals surface area (Å²) in [5.74, 6) is -1.64. The minimum absolute atomic E-state index is 0.0416. The van der Waals surface area contributed by atoms with Gasteiger partial charge >= 0.3 is 18.2 Å². The molecule has 1 amide bonds. The number of likely N-dealkylation sites (tertiary alicyclic amines) is 1. The first kappa shape index (κ1) is 29.8. The van der Waals surface area contributed by atoms with E-state index in [4.69, 9.17) is 9.26 Å². The van der Waals surface area contributed by atoms with Crippen LogP contribution in [0.15, 0.2) is 29.0 Å². The van der Waals surface area contributed by atoms with Gasteiger partial charge in [0.2, 0.25) is 5.95 Å². The zero-order chi connectivity index (χ0) is 31.3. The van der Waals surface area contributed by atoms with Gasteiger partial charge in [0.15, 0.2) is 0 Å². The number of nitrogens with zero attached hydrogens (tertiary/aromatic N) is 5. The summed E-state index contributed by atoms with van der Waals surface area (Å²) in [6.45, 7) is 8.54. The van der Waals surface area contributed by atoms with Crippen LogP contribution in [-0.2, 0) is 15.7 Å². The van der Waals surface area contributed by atoms with Crippen LogP contribution in [0.2, 0.25) is 0 Å². The molecule has 0 aromatic carbocycles. The summed E-state index contributed by atoms with van der Waals surface area (Å²) in [7, 11) is 0. The summed E-state index contributed by atoms with van der Waals surface area (Å²) in [5, 5.41) is 16.9. The number of hydrogen-bond donors (Lipinski definition) is 3. The number of carboxylic acids is 1. The van der Waals surface area contributed by atoms with Crippen LogP contribution in [0, 0.1) is 19.8 Å². The number of aliphatic carboxylic acids is 1. The van der Waals surface area contributed by atoms with Gasteiger partial charge in [-0.25, -0.2) is 19.7 Å². The van der Waals surface area contributed by atoms with Gasteiger partial charge in [0.05, 0.1) is 28.6 Å². The third-order valence-corrected chi connectivity index (χ3v) is 6.96. The number of carboxylic acid groups (broad SMARTS) is 1. The average molecular weight is 602 g/mol. The molecular formula is C28H30F3N7O5. The van der Waals surface area contributed by atoms with E-state index in [1.807, 2.05) is 0 Å². The Morgan fingerprint density at radius 1 is 1.16 bits per heavy atom. The van der Waals surface area contributed by atoms with Crippen molar-refractivity contribution in [1.82, 2.24) is 30.0 Å². The van der Waals surface area contributed by atoms with E-state index in [9.17, 15) is 27.9 Å². The highest BCUT2D eigenvalue weighted by Crippen LogP contribution is 2.39. The number of alkyl halides is 3. The lowest BCUT2D eigenvalue weighted by Crippen LogP contribution is -2.52. The number of ether oxygens (including phenoxy) is 1. The third-order valence-electron chi connectivity index (χ3n) is 6.96. The summed E-state index contributed by atoms with van der Waals surface area (Å²) >= 11 is 0. The minimum atomic E-state index is -4.77. The predicted octanol–water partition coefficient (Wildman–Crippen LogP) is 5.43. The summed E-state index contributed by atoms with van der Waals surface area (Å²) in [6.07, 6.45) is -3.30. The molecule has 0 bridgehead atoms. The van der Waals surface area contributed by atoms with Crippen molar-refractivity contribution < 1.29 is 37.1 Å². The smallest absolute Gasteiger partial charge is 0.419 e. The Hall–Kier alpha value is -4.69. The molecule has 0 saturated carbocycles. The molecule has 12 nitrogen and oxygen atoms in total. The van der Waals surface area contributed by atoms with E-state index in [0.717, 1.165) is 0 Å². The molecule has 4 aromatic rings. The maximum absolute atomic E-state index is 14.1. The Balaban J connectivity index is 1.49. The van der Waals surface area contributed by atoms with Gasteiger partial charge in [0.1, 0.15) is 22.6 Å². The first-order valence-corrected chi connectivity index (χ1v) is 13.4. The minimum Gasteiger partial charge on any atom is -0.481 e. The summed E-state index contributed by atoms with van der Waals surface area (Å²) < 4.78 is 53.0. The van der Waals surface area contributed by atoms with Gasteiger partial charge in [-0.3, -0.25) is 4.79 Å². The molecule has 4 aromatic heterocycles. The van der Waals surface area contributed by atoms with E-state index in [0.29, 0.717) is 39.9 Å². The van der Waals surface area contributed by atoms with E-state index >= 15 is 0 Å². The zero-order valence-electron chi connectivity index (χ0n) is 24.0. The van der Waals surface area contributed by atoms with Crippen molar-refractivity contribution in [2.75, 3.05) is 18.4 Å². The van der Waals surface area contributed by atoms with Crippen LogP contribution in [-0.4, -0.2) is 71.9 Å². The number of anilines is 1. The van der Waals surface area contributed by atoms with Gasteiger partial charge in [0.25, 0.3) is 0 Å². The molecule has 0 radical (unpaired) electrons. The van der Waals surface area contributed by atoms with E-state index in [1.165, 1.54) is 11.1 Å². The molecule has 3 N–H and O–H groups in total. The van der Waals surface area contributed by atoms with E-state index in [1.54, 1.807) is 46.8 Å². The Labute approximate surface area is 243 Å². The number of carbonyl (C=O) groups excluding carboxylic acids is 1. The highest BCUT2D eigenvalue weighted by atomic mass is 19.4. The van der Waals surface area contributed by atoms with Crippen LogP contribution in [0.3, 0.4) is 0 Å². The molecule has 0 aliphatic carbocycles. The zero-order valence-corrected chi connectivity index (χ0v) is 24.0. The molecule has 5 heterocycles. The van der Waals surface area contributed by atoms with Crippen molar-refractivity contribution in [2.24, 2.45) is 5.92 Å². The number of halogens is 3. The number of H-pyrrole nitrogens is 1. The SMILES string of the molecule is Cc1noc(C)c1-c1ccc2c(-c3nc(N[C@H]4C[C@H](C(=O)O)CN(C(=O)OC(C)(C)C)C4)ncc3C(F)(F)F)c[nH]c2n1. The maximum Gasteiger partial charge on any atom is 0.419 e. The molecule has 1 fully saturated rings. The molecule has 0 unspecified atom stereocenters. The van der Waals surface area contributed by atoms with E-state index in [2.05, 4.69) is 30.4 Å². The lowest BCUT2D eigenvalue weighted by atomic mass is 9.94. The number of aromatic nitrogens is 5. The molecule has 228 valence electrons. The highest BCUT2D eigenvalue weighted by molar-refractivity contribution is 5.94. The Morgan fingerprint density at radius 2 is 1.91 bits per heavy atom. The van der Waals surface area contributed by atoms with E-state index in [-0.39, 0.29) is 31.0 Å². The molecule has 1 saturated heterocycles. The largest absolute Gasteiger partial charge is 0.481 e. The van der Waals surface area contributed by atoms with E-state index < -0.39 is 47.1 Å². The van der Waals surface area contributed by atoms with Gasteiger partial charge in [-0.2, -0.15) is 13.2 Å². The van der Waals surface area contributed by atoms with Crippen LogP contribution < -0.4 is 5.32 Å². The summed E-state index contributed by atoms with van der Waals surface area (Å²) in [4.78, 5) is 41.4. The summed E-state index contributed by atoms with van der Waals surface area (Å²) in [5.41, 5.74) is 0.0810. The number of nitrogens with one attached hydrogen (secondary N) is 2. The molecular weight excluding hydrogens is 571 g/mol. The lowest BCUT2D eigenvalue weighted by Gasteiger charge is -2.37. The van der Waals surface area contributed by atoms with Crippen LogP contribution in [0.5, 0.6) is 0 Å². The molecule has 0 spiro atoms. The Morgan fingerprint density at radius 3 is 2.53 bits per heavy atom. The second-order valence-corrected chi connectivity index (χ2v) is 11.4. The topological polar surface area (TPSA) is 159 Å². The maximum atomic E-state index is 14.1. The quantitative estimate of drug-likeness (QED) is 0.269. The van der Waals surface area contributed by atoms with Gasteiger partial charge < -0.3 is 29.6 Å². The number of amides is 1. The number of aryl methyl sites for hydroxylation is 2. The lowest BCUT2D eigenvalue weighted by molar-refractivity contribution is -0.143. The Bertz CT molecular complexity index is 1670. The standard InChI is InChI=1S/C28H30F3N7O5/c1-13-21(14(2)43-37-13)20-7-6-17-18(9-32-23(17)35-20)22-19(28(29,30)31)10-33-25(36-22)34-16-8-15(24(39)40)11-38(12-16)26(41)42-27(3,4)5/h6-7,9-10,15-16H,8,11-12H2,1-5H3,(H,32,35)(H,39,40)(H,33,34,36)/t15-,16-/m0/s1. The first-order chi connectivity index (χ1) is 20.1. The Kier molecular flexibility index (Phi) is 7.52.